The molecule has 13 heavy (non-hydrogen) atoms. The van der Waals surface area contributed by atoms with Crippen LogP contribution in [0.2, 0.25) is 0 Å². The van der Waals surface area contributed by atoms with Gasteiger partial charge in [0, 0.05) is 12.7 Å². The summed E-state index contributed by atoms with van der Waals surface area (Å²) in [5.74, 6) is -1.51. The highest BCUT2D eigenvalue weighted by Gasteiger charge is 2.14. The first-order valence-corrected chi connectivity index (χ1v) is 3.63. The predicted octanol–water partition coefficient (Wildman–Crippen LogP) is -0.240. The van der Waals surface area contributed by atoms with E-state index in [0.29, 0.717) is 0 Å². The number of hydrogen-bond donors (Lipinski definition) is 2. The molecule has 0 unspecified atom stereocenters. The van der Waals surface area contributed by atoms with Gasteiger partial charge in [-0.25, -0.2) is 4.39 Å². The highest BCUT2D eigenvalue weighted by molar-refractivity contribution is 6.36. The van der Waals surface area contributed by atoms with Gasteiger partial charge in [0.2, 0.25) is 0 Å². The molecule has 0 bridgehead atoms. The van der Waals surface area contributed by atoms with Crippen molar-refractivity contribution in [3.63, 3.8) is 0 Å². The molecule has 0 heterocycles. The molecule has 0 saturated carbocycles. The van der Waals surface area contributed by atoms with Crippen LogP contribution in [0.1, 0.15) is 10.4 Å². The minimum absolute atomic E-state index is 0.206. The molecule has 1 aromatic rings. The molecular formula is C8H8BFN2O. The first kappa shape index (κ1) is 9.57. The molecule has 3 N–H and O–H groups in total. The van der Waals surface area contributed by atoms with Crippen molar-refractivity contribution in [2.75, 3.05) is 12.4 Å². The zero-order valence-corrected chi connectivity index (χ0v) is 7.10. The monoisotopic (exact) mass is 178 g/mol. The molecule has 5 heteroatoms. The summed E-state index contributed by atoms with van der Waals surface area (Å²) in [7, 11) is 7.04. The first-order chi connectivity index (χ1) is 6.07. The normalized spacial score (nSPS) is 9.69. The van der Waals surface area contributed by atoms with Crippen molar-refractivity contribution >= 4 is 24.9 Å². The largest absolute Gasteiger partial charge is 0.388 e. The molecule has 3 nitrogen and oxygen atoms in total. The molecule has 0 aliphatic rings. The maximum atomic E-state index is 13.1. The van der Waals surface area contributed by atoms with Gasteiger partial charge in [0.05, 0.1) is 5.56 Å². The van der Waals surface area contributed by atoms with Crippen LogP contribution in [0.3, 0.4) is 0 Å². The number of rotatable bonds is 2. The number of nitrogens with one attached hydrogen (secondary N) is 1. The Balaban J connectivity index is 3.43. The van der Waals surface area contributed by atoms with Gasteiger partial charge in [0.15, 0.2) is 0 Å². The Hall–Kier alpha value is -1.52. The van der Waals surface area contributed by atoms with Crippen LogP contribution >= 0.6 is 0 Å². The molecule has 1 aromatic carbocycles. The van der Waals surface area contributed by atoms with Gasteiger partial charge in [-0.2, -0.15) is 0 Å². The quantitative estimate of drug-likeness (QED) is 0.614. The fourth-order valence-corrected chi connectivity index (χ4v) is 1.10. The highest BCUT2D eigenvalue weighted by atomic mass is 19.1. The zero-order valence-electron chi connectivity index (χ0n) is 7.10. The van der Waals surface area contributed by atoms with Crippen molar-refractivity contribution in [1.29, 1.82) is 0 Å². The van der Waals surface area contributed by atoms with Gasteiger partial charge in [-0.15, -0.1) is 0 Å². The summed E-state index contributed by atoms with van der Waals surface area (Å²) in [6.45, 7) is 0. The Labute approximate surface area is 76.5 Å². The van der Waals surface area contributed by atoms with E-state index in [1.165, 1.54) is 13.1 Å². The summed E-state index contributed by atoms with van der Waals surface area (Å²) < 4.78 is 13.1. The average Bonchev–Trinajstić information content (AvgIpc) is 2.07. The number of carbonyl (C=O) groups is 1. The van der Waals surface area contributed by atoms with Crippen LogP contribution in [-0.4, -0.2) is 20.8 Å². The summed E-state index contributed by atoms with van der Waals surface area (Å²) in [6, 6.07) is 2.48. The molecule has 0 saturated heterocycles. The molecule has 0 aliphatic carbocycles. The lowest BCUT2D eigenvalue weighted by Crippen LogP contribution is -2.21. The van der Waals surface area contributed by atoms with E-state index >= 15 is 0 Å². The first-order valence-electron chi connectivity index (χ1n) is 3.63. The number of amides is 1. The van der Waals surface area contributed by atoms with Crippen LogP contribution in [-0.2, 0) is 0 Å². The van der Waals surface area contributed by atoms with Crippen molar-refractivity contribution in [2.24, 2.45) is 5.73 Å². The van der Waals surface area contributed by atoms with Crippen molar-refractivity contribution in [1.82, 2.24) is 0 Å². The number of carbonyl (C=O) groups excluding carboxylic acids is 1. The topological polar surface area (TPSA) is 55.1 Å². The van der Waals surface area contributed by atoms with E-state index in [2.05, 4.69) is 5.32 Å². The van der Waals surface area contributed by atoms with Crippen LogP contribution in [0.25, 0.3) is 0 Å². The van der Waals surface area contributed by atoms with Crippen LogP contribution in [0.15, 0.2) is 12.1 Å². The molecule has 66 valence electrons. The molecule has 0 atom stereocenters. The number of halogens is 1. The van der Waals surface area contributed by atoms with E-state index in [9.17, 15) is 9.18 Å². The van der Waals surface area contributed by atoms with Crippen molar-refractivity contribution in [2.45, 2.75) is 0 Å². The van der Waals surface area contributed by atoms with E-state index in [-0.39, 0.29) is 16.7 Å². The summed E-state index contributed by atoms with van der Waals surface area (Å²) in [5, 5.41) is 2.62. The molecule has 1 amide bonds. The van der Waals surface area contributed by atoms with E-state index in [0.717, 1.165) is 6.07 Å². The fraction of sp³-hybridized carbons (Fsp3) is 0.125. The highest BCUT2D eigenvalue weighted by Crippen LogP contribution is 2.14. The number of primary amides is 1. The smallest absolute Gasteiger partial charge is 0.253 e. The summed E-state index contributed by atoms with van der Waals surface area (Å²) in [5.41, 5.74) is 5.30. The van der Waals surface area contributed by atoms with Crippen molar-refractivity contribution < 1.29 is 9.18 Å². The van der Waals surface area contributed by atoms with Gasteiger partial charge in [-0.3, -0.25) is 4.79 Å². The fourth-order valence-electron chi connectivity index (χ4n) is 1.10. The summed E-state index contributed by atoms with van der Waals surface area (Å²) >= 11 is 0. The predicted molar refractivity (Wildman–Crippen MR) is 49.9 cm³/mol. The van der Waals surface area contributed by atoms with E-state index in [4.69, 9.17) is 13.6 Å². The lowest BCUT2D eigenvalue weighted by Gasteiger charge is -2.10. The number of anilines is 1. The van der Waals surface area contributed by atoms with Crippen molar-refractivity contribution in [3.05, 3.63) is 23.5 Å². The Kier molecular flexibility index (Phi) is 2.56. The minimum atomic E-state index is -0.839. The number of benzene rings is 1. The minimum Gasteiger partial charge on any atom is -0.388 e. The lowest BCUT2D eigenvalue weighted by molar-refractivity contribution is 0.0997. The maximum absolute atomic E-state index is 13.1. The number of hydrogen-bond acceptors (Lipinski definition) is 2. The summed E-state index contributed by atoms with van der Waals surface area (Å²) in [4.78, 5) is 10.8. The van der Waals surface area contributed by atoms with Gasteiger partial charge in [0.1, 0.15) is 13.7 Å². The molecule has 0 fully saturated rings. The van der Waals surface area contributed by atoms with Crippen molar-refractivity contribution in [3.8, 4) is 0 Å². The zero-order chi connectivity index (χ0) is 10.0. The van der Waals surface area contributed by atoms with Crippen LogP contribution < -0.4 is 16.5 Å². The lowest BCUT2D eigenvalue weighted by atomic mass is 9.91. The van der Waals surface area contributed by atoms with Gasteiger partial charge in [-0.1, -0.05) is 11.5 Å². The molecule has 0 aromatic heterocycles. The molecule has 0 aliphatic heterocycles. The second-order valence-electron chi connectivity index (χ2n) is 2.50. The standard InChI is InChI=1S/C8H8BFN2O/c1-12-7-4(9)2-3-5(10)6(7)8(11)13/h2-3,12H,1H3,(H2,11,13). The van der Waals surface area contributed by atoms with Crippen LogP contribution in [0.5, 0.6) is 0 Å². The third-order valence-electron chi connectivity index (χ3n) is 1.68. The SMILES string of the molecule is [B]c1ccc(F)c(C(N)=O)c1NC. The molecule has 2 radical (unpaired) electrons. The number of nitrogens with two attached hydrogens (primary N) is 1. The maximum Gasteiger partial charge on any atom is 0.253 e. The van der Waals surface area contributed by atoms with Gasteiger partial charge in [-0.05, 0) is 6.07 Å². The molecule has 0 spiro atoms. The van der Waals surface area contributed by atoms with Gasteiger partial charge >= 0.3 is 0 Å². The molecule has 1 rings (SSSR count). The van der Waals surface area contributed by atoms with E-state index < -0.39 is 11.7 Å². The second kappa shape index (κ2) is 3.47. The van der Waals surface area contributed by atoms with E-state index in [1.807, 2.05) is 0 Å². The third-order valence-corrected chi connectivity index (χ3v) is 1.68. The molecular weight excluding hydrogens is 170 g/mol. The Morgan fingerprint density at radius 3 is 2.62 bits per heavy atom. The Bertz CT molecular complexity index is 354. The summed E-state index contributed by atoms with van der Waals surface area (Å²) in [6.07, 6.45) is 0. The second-order valence-corrected chi connectivity index (χ2v) is 2.50. The third kappa shape index (κ3) is 1.64. The Morgan fingerprint density at radius 1 is 1.62 bits per heavy atom. The van der Waals surface area contributed by atoms with Crippen LogP contribution in [0, 0.1) is 5.82 Å². The van der Waals surface area contributed by atoms with E-state index in [1.54, 1.807) is 0 Å². The average molecular weight is 178 g/mol. The van der Waals surface area contributed by atoms with Gasteiger partial charge in [0.25, 0.3) is 5.91 Å². The van der Waals surface area contributed by atoms with Gasteiger partial charge < -0.3 is 11.1 Å². The Morgan fingerprint density at radius 2 is 2.23 bits per heavy atom. The van der Waals surface area contributed by atoms with Crippen LogP contribution in [0.4, 0.5) is 10.1 Å².